The Kier molecular flexibility index (Phi) is 3.96. The van der Waals surface area contributed by atoms with E-state index in [0.717, 1.165) is 0 Å². The maximum absolute atomic E-state index is 10.9. The van der Waals surface area contributed by atoms with Crippen LogP contribution in [0.15, 0.2) is 18.2 Å². The molecule has 94 valence electrons. The number of nitrogens with one attached hydrogen (secondary N) is 1. The average Bonchev–Trinajstić information content (AvgIpc) is 2.27. The van der Waals surface area contributed by atoms with E-state index in [4.69, 9.17) is 11.5 Å². The molecule has 0 aliphatic heterocycles. The molecule has 1 aromatic carbocycles. The van der Waals surface area contributed by atoms with E-state index in [1.54, 1.807) is 19.1 Å². The molecule has 5 nitrogen and oxygen atoms in total. The lowest BCUT2D eigenvalue weighted by atomic mass is 10.0. The van der Waals surface area contributed by atoms with Crippen LogP contribution in [0, 0.1) is 0 Å². The molecule has 1 unspecified atom stereocenters. The van der Waals surface area contributed by atoms with Crippen molar-refractivity contribution in [2.45, 2.75) is 25.9 Å². The summed E-state index contributed by atoms with van der Waals surface area (Å²) >= 11 is 0. The number of carbonyl (C=O) groups excluding carboxylic acids is 1. The van der Waals surface area contributed by atoms with Gasteiger partial charge >= 0.3 is 0 Å². The molecule has 1 aromatic rings. The van der Waals surface area contributed by atoms with Gasteiger partial charge in [-0.05, 0) is 31.5 Å². The highest BCUT2D eigenvalue weighted by molar-refractivity contribution is 5.94. The minimum absolute atomic E-state index is 0.371. The Bertz CT molecular complexity index is 416. The number of primary amides is 1. The number of amides is 1. The summed E-state index contributed by atoms with van der Waals surface area (Å²) in [7, 11) is 0. The van der Waals surface area contributed by atoms with E-state index in [9.17, 15) is 9.90 Å². The van der Waals surface area contributed by atoms with Gasteiger partial charge in [0.2, 0.25) is 5.91 Å². The molecule has 0 fully saturated rings. The largest absolute Gasteiger partial charge is 0.397 e. The minimum Gasteiger partial charge on any atom is -0.397 e. The highest BCUT2D eigenvalue weighted by Crippen LogP contribution is 2.21. The normalized spacial score (nSPS) is 14.1. The van der Waals surface area contributed by atoms with Crippen molar-refractivity contribution in [3.8, 4) is 0 Å². The van der Waals surface area contributed by atoms with Gasteiger partial charge in [0.25, 0.3) is 0 Å². The van der Waals surface area contributed by atoms with Crippen molar-refractivity contribution in [1.29, 1.82) is 0 Å². The third kappa shape index (κ3) is 3.64. The van der Waals surface area contributed by atoms with Crippen molar-refractivity contribution < 1.29 is 9.90 Å². The van der Waals surface area contributed by atoms with Gasteiger partial charge in [0, 0.05) is 12.1 Å². The van der Waals surface area contributed by atoms with Crippen LogP contribution in [0.5, 0.6) is 0 Å². The lowest BCUT2D eigenvalue weighted by molar-refractivity contribution is 0.0697. The number of hydrogen-bond donors (Lipinski definition) is 4. The summed E-state index contributed by atoms with van der Waals surface area (Å²) in [5.74, 6) is -0.510. The van der Waals surface area contributed by atoms with Gasteiger partial charge in [-0.1, -0.05) is 6.92 Å². The molecule has 0 bridgehead atoms. The average molecular weight is 237 g/mol. The number of nitrogens with two attached hydrogens (primary N) is 2. The standard InChI is InChI=1S/C12H19N3O2/c1-3-12(2,17)7-15-10-5-4-8(11(14)16)6-9(10)13/h4-6,15,17H,3,7,13H2,1-2H3,(H2,14,16). The maximum Gasteiger partial charge on any atom is 0.248 e. The summed E-state index contributed by atoms with van der Waals surface area (Å²) in [5.41, 5.74) is 11.6. The first-order valence-corrected chi connectivity index (χ1v) is 5.51. The monoisotopic (exact) mass is 237 g/mol. The molecule has 1 rings (SSSR count). The van der Waals surface area contributed by atoms with E-state index in [0.29, 0.717) is 29.9 Å². The molecule has 0 spiro atoms. The second-order valence-electron chi connectivity index (χ2n) is 4.37. The molecular formula is C12H19N3O2. The van der Waals surface area contributed by atoms with Crippen molar-refractivity contribution in [3.63, 3.8) is 0 Å². The number of carbonyl (C=O) groups is 1. The van der Waals surface area contributed by atoms with Crippen LogP contribution >= 0.6 is 0 Å². The van der Waals surface area contributed by atoms with Crippen LogP contribution in [0.1, 0.15) is 30.6 Å². The molecule has 0 aromatic heterocycles. The lowest BCUT2D eigenvalue weighted by Gasteiger charge is -2.22. The van der Waals surface area contributed by atoms with Crippen LogP contribution < -0.4 is 16.8 Å². The van der Waals surface area contributed by atoms with Crippen LogP contribution in [-0.2, 0) is 0 Å². The molecule has 1 atom stereocenters. The number of anilines is 2. The first-order chi connectivity index (χ1) is 7.85. The van der Waals surface area contributed by atoms with E-state index in [-0.39, 0.29) is 0 Å². The number of hydrogen-bond acceptors (Lipinski definition) is 4. The fourth-order valence-electron chi connectivity index (χ4n) is 1.29. The SMILES string of the molecule is CCC(C)(O)CNc1ccc(C(N)=O)cc1N. The fourth-order valence-corrected chi connectivity index (χ4v) is 1.29. The molecule has 0 aliphatic rings. The van der Waals surface area contributed by atoms with Gasteiger partial charge in [-0.15, -0.1) is 0 Å². The Balaban J connectivity index is 2.77. The number of nitrogen functional groups attached to an aromatic ring is 1. The quantitative estimate of drug-likeness (QED) is 0.572. The minimum atomic E-state index is -0.783. The molecule has 0 aliphatic carbocycles. The van der Waals surface area contributed by atoms with Crippen molar-refractivity contribution in [1.82, 2.24) is 0 Å². The highest BCUT2D eigenvalue weighted by atomic mass is 16.3. The molecule has 6 N–H and O–H groups in total. The Morgan fingerprint density at radius 3 is 2.65 bits per heavy atom. The fraction of sp³-hybridized carbons (Fsp3) is 0.417. The predicted octanol–water partition coefficient (Wildman–Crippen LogP) is 0.941. The van der Waals surface area contributed by atoms with Crippen molar-refractivity contribution in [3.05, 3.63) is 23.8 Å². The van der Waals surface area contributed by atoms with Crippen LogP contribution in [0.2, 0.25) is 0 Å². The zero-order chi connectivity index (χ0) is 13.1. The first-order valence-electron chi connectivity index (χ1n) is 5.51. The van der Waals surface area contributed by atoms with E-state index in [1.807, 2.05) is 6.92 Å². The van der Waals surface area contributed by atoms with Crippen LogP contribution in [0.3, 0.4) is 0 Å². The summed E-state index contributed by atoms with van der Waals surface area (Å²) in [6, 6.07) is 4.80. The number of benzene rings is 1. The summed E-state index contributed by atoms with van der Waals surface area (Å²) in [6.07, 6.45) is 0.638. The maximum atomic E-state index is 10.9. The van der Waals surface area contributed by atoms with Crippen molar-refractivity contribution >= 4 is 17.3 Å². The van der Waals surface area contributed by atoms with Crippen molar-refractivity contribution in [2.24, 2.45) is 5.73 Å². The topological polar surface area (TPSA) is 101 Å². The zero-order valence-electron chi connectivity index (χ0n) is 10.2. The number of aliphatic hydroxyl groups is 1. The third-order valence-electron chi connectivity index (χ3n) is 2.76. The van der Waals surface area contributed by atoms with Gasteiger partial charge in [0.05, 0.1) is 17.0 Å². The van der Waals surface area contributed by atoms with Gasteiger partial charge < -0.3 is 21.9 Å². The summed E-state index contributed by atoms with van der Waals surface area (Å²) in [6.45, 7) is 4.04. The van der Waals surface area contributed by atoms with Crippen molar-refractivity contribution in [2.75, 3.05) is 17.6 Å². The molecule has 17 heavy (non-hydrogen) atoms. The molecule has 0 radical (unpaired) electrons. The molecule has 0 heterocycles. The van der Waals surface area contributed by atoms with Gasteiger partial charge in [0.15, 0.2) is 0 Å². The highest BCUT2D eigenvalue weighted by Gasteiger charge is 2.17. The summed E-state index contributed by atoms with van der Waals surface area (Å²) in [4.78, 5) is 10.9. The summed E-state index contributed by atoms with van der Waals surface area (Å²) < 4.78 is 0. The molecule has 5 heteroatoms. The second kappa shape index (κ2) is 5.05. The Hall–Kier alpha value is -1.75. The smallest absolute Gasteiger partial charge is 0.248 e. The van der Waals surface area contributed by atoms with Gasteiger partial charge in [-0.2, -0.15) is 0 Å². The van der Waals surface area contributed by atoms with Crippen LogP contribution in [0.25, 0.3) is 0 Å². The van der Waals surface area contributed by atoms with Gasteiger partial charge in [-0.25, -0.2) is 0 Å². The Morgan fingerprint density at radius 1 is 1.53 bits per heavy atom. The third-order valence-corrected chi connectivity index (χ3v) is 2.76. The van der Waals surface area contributed by atoms with E-state index in [2.05, 4.69) is 5.32 Å². The van der Waals surface area contributed by atoms with Gasteiger partial charge in [-0.3, -0.25) is 4.79 Å². The van der Waals surface area contributed by atoms with E-state index < -0.39 is 11.5 Å². The zero-order valence-corrected chi connectivity index (χ0v) is 10.2. The Morgan fingerprint density at radius 2 is 2.18 bits per heavy atom. The Labute approximate surface area is 101 Å². The number of rotatable bonds is 5. The molecular weight excluding hydrogens is 218 g/mol. The van der Waals surface area contributed by atoms with Gasteiger partial charge in [0.1, 0.15) is 0 Å². The second-order valence-corrected chi connectivity index (χ2v) is 4.37. The first kappa shape index (κ1) is 13.3. The predicted molar refractivity (Wildman–Crippen MR) is 68.8 cm³/mol. The lowest BCUT2D eigenvalue weighted by Crippen LogP contribution is -2.32. The van der Waals surface area contributed by atoms with E-state index >= 15 is 0 Å². The molecule has 1 amide bonds. The van der Waals surface area contributed by atoms with E-state index in [1.165, 1.54) is 6.07 Å². The molecule has 0 saturated carbocycles. The van der Waals surface area contributed by atoms with Crippen LogP contribution in [-0.4, -0.2) is 23.2 Å². The summed E-state index contributed by atoms with van der Waals surface area (Å²) in [5, 5.41) is 12.9. The van der Waals surface area contributed by atoms with Crippen LogP contribution in [0.4, 0.5) is 11.4 Å². The molecule has 0 saturated heterocycles.